The quantitative estimate of drug-likeness (QED) is 0.808. The van der Waals surface area contributed by atoms with Crippen LogP contribution >= 0.6 is 0 Å². The first-order valence-corrected chi connectivity index (χ1v) is 5.95. The summed E-state index contributed by atoms with van der Waals surface area (Å²) in [5.74, 6) is -0.256. The standard InChI is InChI=1S/C13H18N2O2/c1-17-13(16)10-14-11-4-6-12(7-5-11)15-8-2-3-9-15/h4-7,14H,2-3,8-10H2,1H3. The Morgan fingerprint density at radius 3 is 2.53 bits per heavy atom. The number of hydrogen-bond donors (Lipinski definition) is 1. The van der Waals surface area contributed by atoms with E-state index in [1.165, 1.54) is 25.6 Å². The maximum absolute atomic E-state index is 11.0. The average Bonchev–Trinajstić information content (AvgIpc) is 2.90. The summed E-state index contributed by atoms with van der Waals surface area (Å²) in [5.41, 5.74) is 2.20. The second kappa shape index (κ2) is 5.57. The molecule has 0 unspecified atom stereocenters. The minimum atomic E-state index is -0.256. The molecule has 1 heterocycles. The van der Waals surface area contributed by atoms with Gasteiger partial charge in [-0.05, 0) is 37.1 Å². The van der Waals surface area contributed by atoms with Gasteiger partial charge in [-0.3, -0.25) is 4.79 Å². The number of rotatable bonds is 4. The molecule has 1 aliphatic heterocycles. The largest absolute Gasteiger partial charge is 0.468 e. The smallest absolute Gasteiger partial charge is 0.325 e. The zero-order valence-electron chi connectivity index (χ0n) is 10.1. The van der Waals surface area contributed by atoms with Crippen molar-refractivity contribution in [3.63, 3.8) is 0 Å². The maximum Gasteiger partial charge on any atom is 0.325 e. The van der Waals surface area contributed by atoms with Gasteiger partial charge in [0, 0.05) is 24.5 Å². The molecule has 0 spiro atoms. The van der Waals surface area contributed by atoms with Crippen LogP contribution in [0.4, 0.5) is 11.4 Å². The van der Waals surface area contributed by atoms with Crippen LogP contribution in [0.2, 0.25) is 0 Å². The molecule has 17 heavy (non-hydrogen) atoms. The summed E-state index contributed by atoms with van der Waals surface area (Å²) >= 11 is 0. The molecule has 4 heteroatoms. The number of esters is 1. The Labute approximate surface area is 102 Å². The first-order valence-electron chi connectivity index (χ1n) is 5.95. The van der Waals surface area contributed by atoms with Crippen LogP contribution in [-0.2, 0) is 9.53 Å². The van der Waals surface area contributed by atoms with Gasteiger partial charge in [0.1, 0.15) is 6.54 Å². The van der Waals surface area contributed by atoms with Gasteiger partial charge in [-0.25, -0.2) is 0 Å². The Bertz CT molecular complexity index is 370. The fraction of sp³-hybridized carbons (Fsp3) is 0.462. The highest BCUT2D eigenvalue weighted by molar-refractivity contribution is 5.75. The molecular formula is C13H18N2O2. The topological polar surface area (TPSA) is 41.6 Å². The molecule has 0 bridgehead atoms. The highest BCUT2D eigenvalue weighted by Crippen LogP contribution is 2.21. The van der Waals surface area contributed by atoms with Crippen molar-refractivity contribution in [2.75, 3.05) is 37.0 Å². The van der Waals surface area contributed by atoms with Crippen molar-refractivity contribution >= 4 is 17.3 Å². The third kappa shape index (κ3) is 3.12. The molecule has 2 rings (SSSR count). The second-order valence-electron chi connectivity index (χ2n) is 4.17. The van der Waals surface area contributed by atoms with Gasteiger partial charge in [-0.15, -0.1) is 0 Å². The summed E-state index contributed by atoms with van der Waals surface area (Å²) in [6.07, 6.45) is 2.56. The van der Waals surface area contributed by atoms with Gasteiger partial charge >= 0.3 is 5.97 Å². The van der Waals surface area contributed by atoms with Crippen molar-refractivity contribution in [1.82, 2.24) is 0 Å². The van der Waals surface area contributed by atoms with E-state index in [2.05, 4.69) is 27.1 Å². The van der Waals surface area contributed by atoms with Crippen LogP contribution < -0.4 is 10.2 Å². The zero-order chi connectivity index (χ0) is 12.1. The third-order valence-corrected chi connectivity index (χ3v) is 3.00. The number of carbonyl (C=O) groups is 1. The SMILES string of the molecule is COC(=O)CNc1ccc(N2CCCC2)cc1. The number of nitrogens with zero attached hydrogens (tertiary/aromatic N) is 1. The molecule has 1 aromatic carbocycles. The Kier molecular flexibility index (Phi) is 3.85. The number of benzene rings is 1. The fourth-order valence-electron chi connectivity index (χ4n) is 2.01. The zero-order valence-corrected chi connectivity index (χ0v) is 10.1. The molecule has 0 aliphatic carbocycles. The van der Waals surface area contributed by atoms with Gasteiger partial charge in [-0.1, -0.05) is 0 Å². The Morgan fingerprint density at radius 1 is 1.29 bits per heavy atom. The third-order valence-electron chi connectivity index (χ3n) is 3.00. The number of hydrogen-bond acceptors (Lipinski definition) is 4. The lowest BCUT2D eigenvalue weighted by molar-refractivity contribution is -0.138. The number of methoxy groups -OCH3 is 1. The molecule has 1 aromatic rings. The Hall–Kier alpha value is -1.71. The lowest BCUT2D eigenvalue weighted by atomic mass is 10.2. The lowest BCUT2D eigenvalue weighted by Gasteiger charge is -2.17. The van der Waals surface area contributed by atoms with Gasteiger partial charge in [0.05, 0.1) is 7.11 Å². The van der Waals surface area contributed by atoms with Crippen molar-refractivity contribution in [2.24, 2.45) is 0 Å². The minimum Gasteiger partial charge on any atom is -0.468 e. The summed E-state index contributed by atoms with van der Waals surface area (Å²) < 4.78 is 4.57. The first-order chi connectivity index (χ1) is 8.29. The summed E-state index contributed by atoms with van der Waals surface area (Å²) in [5, 5.41) is 3.02. The van der Waals surface area contributed by atoms with Crippen LogP contribution in [0.3, 0.4) is 0 Å². The summed E-state index contributed by atoms with van der Waals surface area (Å²) in [4.78, 5) is 13.3. The Balaban J connectivity index is 1.90. The maximum atomic E-state index is 11.0. The summed E-state index contributed by atoms with van der Waals surface area (Å²) in [6, 6.07) is 8.17. The Morgan fingerprint density at radius 2 is 1.94 bits per heavy atom. The van der Waals surface area contributed by atoms with E-state index >= 15 is 0 Å². The minimum absolute atomic E-state index is 0.208. The molecule has 4 nitrogen and oxygen atoms in total. The highest BCUT2D eigenvalue weighted by Gasteiger charge is 2.11. The summed E-state index contributed by atoms with van der Waals surface area (Å²) in [7, 11) is 1.39. The first kappa shape index (κ1) is 11.8. The van der Waals surface area contributed by atoms with E-state index in [0.29, 0.717) is 0 Å². The van der Waals surface area contributed by atoms with E-state index in [1.54, 1.807) is 0 Å². The van der Waals surface area contributed by atoms with Crippen molar-refractivity contribution in [3.05, 3.63) is 24.3 Å². The van der Waals surface area contributed by atoms with Crippen LogP contribution in [0.25, 0.3) is 0 Å². The van der Waals surface area contributed by atoms with Gasteiger partial charge in [0.2, 0.25) is 0 Å². The van der Waals surface area contributed by atoms with Crippen LogP contribution in [0.5, 0.6) is 0 Å². The molecule has 1 N–H and O–H groups in total. The van der Waals surface area contributed by atoms with E-state index in [1.807, 2.05) is 12.1 Å². The van der Waals surface area contributed by atoms with E-state index in [9.17, 15) is 4.79 Å². The molecular weight excluding hydrogens is 216 g/mol. The number of carbonyl (C=O) groups excluding carboxylic acids is 1. The molecule has 0 saturated carbocycles. The summed E-state index contributed by atoms with van der Waals surface area (Å²) in [6.45, 7) is 2.50. The molecule has 1 aliphatic rings. The predicted octanol–water partition coefficient (Wildman–Crippen LogP) is 1.87. The van der Waals surface area contributed by atoms with Gasteiger partial charge in [0.15, 0.2) is 0 Å². The van der Waals surface area contributed by atoms with Crippen molar-refractivity contribution in [1.29, 1.82) is 0 Å². The van der Waals surface area contributed by atoms with Crippen molar-refractivity contribution in [3.8, 4) is 0 Å². The van der Waals surface area contributed by atoms with Crippen molar-refractivity contribution in [2.45, 2.75) is 12.8 Å². The monoisotopic (exact) mass is 234 g/mol. The van der Waals surface area contributed by atoms with E-state index in [0.717, 1.165) is 18.8 Å². The van der Waals surface area contributed by atoms with Gasteiger partial charge < -0.3 is 15.0 Å². The molecule has 0 amide bonds. The van der Waals surface area contributed by atoms with Crippen molar-refractivity contribution < 1.29 is 9.53 Å². The lowest BCUT2D eigenvalue weighted by Crippen LogP contribution is -2.17. The van der Waals surface area contributed by atoms with Gasteiger partial charge in [0.25, 0.3) is 0 Å². The molecule has 1 saturated heterocycles. The molecule has 0 radical (unpaired) electrons. The average molecular weight is 234 g/mol. The van der Waals surface area contributed by atoms with Crippen LogP contribution in [-0.4, -0.2) is 32.7 Å². The predicted molar refractivity (Wildman–Crippen MR) is 68.4 cm³/mol. The number of nitrogens with one attached hydrogen (secondary N) is 1. The number of ether oxygens (including phenoxy) is 1. The molecule has 0 atom stereocenters. The second-order valence-corrected chi connectivity index (χ2v) is 4.17. The van der Waals surface area contributed by atoms with E-state index in [4.69, 9.17) is 0 Å². The van der Waals surface area contributed by atoms with E-state index < -0.39 is 0 Å². The van der Waals surface area contributed by atoms with Crippen LogP contribution in [0, 0.1) is 0 Å². The normalized spacial score (nSPS) is 14.8. The molecule has 92 valence electrons. The van der Waals surface area contributed by atoms with E-state index in [-0.39, 0.29) is 12.5 Å². The molecule has 0 aromatic heterocycles. The number of anilines is 2. The molecule has 1 fully saturated rings. The van der Waals surface area contributed by atoms with Crippen LogP contribution in [0.1, 0.15) is 12.8 Å². The fourth-order valence-corrected chi connectivity index (χ4v) is 2.01. The van der Waals surface area contributed by atoms with Crippen LogP contribution in [0.15, 0.2) is 24.3 Å². The van der Waals surface area contributed by atoms with Gasteiger partial charge in [-0.2, -0.15) is 0 Å². The highest BCUT2D eigenvalue weighted by atomic mass is 16.5.